The zero-order chi connectivity index (χ0) is 37.1. The Morgan fingerprint density at radius 1 is 0.357 bits per heavy atom. The molecule has 0 saturated heterocycles. The second-order valence-electron chi connectivity index (χ2n) is 15.3. The number of thiophene rings is 1. The minimum Gasteiger partial charge on any atom is -0.310 e. The summed E-state index contributed by atoms with van der Waals surface area (Å²) in [6.45, 7) is 0. The molecule has 0 bridgehead atoms. The monoisotopic (exact) mass is 736 g/mol. The molecule has 9 aromatic rings. The molecule has 3 heteroatoms. The number of hydrogen-bond donors (Lipinski definition) is 0. The minimum absolute atomic E-state index is 0.0217. The second kappa shape index (κ2) is 13.4. The van der Waals surface area contributed by atoms with Gasteiger partial charge in [-0.25, -0.2) is 0 Å². The minimum atomic E-state index is -0.0217. The van der Waals surface area contributed by atoms with Crippen LogP contribution >= 0.6 is 11.3 Å². The molecule has 8 aromatic carbocycles. The molecule has 0 unspecified atom stereocenters. The fourth-order valence-corrected chi connectivity index (χ4v) is 10.7. The lowest BCUT2D eigenvalue weighted by atomic mass is 9.76. The van der Waals surface area contributed by atoms with Crippen molar-refractivity contribution in [2.45, 2.75) is 31.1 Å². The number of hydrogen-bond acceptors (Lipinski definition) is 3. The Labute approximate surface area is 332 Å². The van der Waals surface area contributed by atoms with Crippen molar-refractivity contribution in [1.82, 2.24) is 0 Å². The molecule has 0 fully saturated rings. The van der Waals surface area contributed by atoms with Crippen LogP contribution in [-0.2, 0) is 18.3 Å². The van der Waals surface area contributed by atoms with E-state index >= 15 is 0 Å². The van der Waals surface area contributed by atoms with Crippen LogP contribution < -0.4 is 9.80 Å². The smallest absolute Gasteiger partial charge is 0.0468 e. The van der Waals surface area contributed by atoms with E-state index in [1.165, 1.54) is 82.0 Å². The maximum absolute atomic E-state index is 2.54. The molecule has 11 rings (SSSR count). The van der Waals surface area contributed by atoms with Gasteiger partial charge in [-0.15, -0.1) is 11.3 Å². The summed E-state index contributed by atoms with van der Waals surface area (Å²) in [6.07, 6.45) is 4.47. The standard InChI is InChI=1S/C53H40N2S/c1-4-12-37(13-5-1)38-20-24-43(25-21-38)55(44-28-29-52-48(34-44)47-18-10-11-19-51(47)56-52)46-27-23-40-31-33-53(50(40)36-46)32-30-39-22-26-45(35-49(39)53)54(41-14-6-2-7-15-41)42-16-8-3-9-17-42/h1-29,34-36H,30-33H2/t53-/m1/s1. The molecule has 2 aliphatic carbocycles. The molecule has 56 heavy (non-hydrogen) atoms. The molecular formula is C53H40N2S. The molecule has 1 heterocycles. The van der Waals surface area contributed by atoms with E-state index in [-0.39, 0.29) is 5.41 Å². The lowest BCUT2D eigenvalue weighted by molar-refractivity contribution is 0.507. The van der Waals surface area contributed by atoms with Crippen LogP contribution in [0, 0.1) is 0 Å². The Balaban J connectivity index is 1.05. The maximum Gasteiger partial charge on any atom is 0.0468 e. The van der Waals surface area contributed by atoms with Gasteiger partial charge in [0.1, 0.15) is 0 Å². The number of para-hydroxylation sites is 2. The highest BCUT2D eigenvalue weighted by molar-refractivity contribution is 7.25. The summed E-state index contributed by atoms with van der Waals surface area (Å²) in [7, 11) is 0. The van der Waals surface area contributed by atoms with E-state index in [9.17, 15) is 0 Å². The second-order valence-corrected chi connectivity index (χ2v) is 16.4. The molecule has 2 aliphatic rings. The Morgan fingerprint density at radius 2 is 0.804 bits per heavy atom. The number of anilines is 6. The lowest BCUT2D eigenvalue weighted by Crippen LogP contribution is -2.22. The van der Waals surface area contributed by atoms with Crippen molar-refractivity contribution >= 4 is 65.6 Å². The predicted molar refractivity (Wildman–Crippen MR) is 238 cm³/mol. The lowest BCUT2D eigenvalue weighted by Gasteiger charge is -2.31. The third kappa shape index (κ3) is 5.45. The largest absolute Gasteiger partial charge is 0.310 e. The molecule has 0 N–H and O–H groups in total. The van der Waals surface area contributed by atoms with Crippen LogP contribution in [0.2, 0.25) is 0 Å². The van der Waals surface area contributed by atoms with Gasteiger partial charge in [0.25, 0.3) is 0 Å². The number of aryl methyl sites for hydroxylation is 2. The summed E-state index contributed by atoms with van der Waals surface area (Å²) in [6, 6.07) is 71.8. The molecule has 0 amide bonds. The average molecular weight is 737 g/mol. The van der Waals surface area contributed by atoms with Gasteiger partial charge in [0.05, 0.1) is 0 Å². The van der Waals surface area contributed by atoms with Crippen molar-refractivity contribution in [2.75, 3.05) is 9.80 Å². The first-order valence-electron chi connectivity index (χ1n) is 19.8. The highest BCUT2D eigenvalue weighted by Crippen LogP contribution is 2.55. The third-order valence-electron chi connectivity index (χ3n) is 12.3. The summed E-state index contributed by atoms with van der Waals surface area (Å²) in [5.74, 6) is 0. The van der Waals surface area contributed by atoms with Crippen LogP contribution in [-0.4, -0.2) is 0 Å². The van der Waals surface area contributed by atoms with E-state index in [4.69, 9.17) is 0 Å². The summed E-state index contributed by atoms with van der Waals surface area (Å²) >= 11 is 1.87. The molecule has 0 aliphatic heterocycles. The normalized spacial score (nSPS) is 15.6. The van der Waals surface area contributed by atoms with E-state index < -0.39 is 0 Å². The van der Waals surface area contributed by atoms with Crippen molar-refractivity contribution in [1.29, 1.82) is 0 Å². The maximum atomic E-state index is 2.54. The van der Waals surface area contributed by atoms with Crippen molar-refractivity contribution < 1.29 is 0 Å². The van der Waals surface area contributed by atoms with E-state index in [1.807, 2.05) is 11.3 Å². The number of fused-ring (bicyclic) bond motifs is 7. The molecule has 1 spiro atoms. The Kier molecular flexibility index (Phi) is 7.89. The van der Waals surface area contributed by atoms with Crippen LogP contribution in [0.25, 0.3) is 31.3 Å². The summed E-state index contributed by atoms with van der Waals surface area (Å²) in [5, 5.41) is 2.63. The van der Waals surface area contributed by atoms with Gasteiger partial charge in [-0.3, -0.25) is 0 Å². The van der Waals surface area contributed by atoms with Gasteiger partial charge < -0.3 is 9.80 Å². The van der Waals surface area contributed by atoms with E-state index in [2.05, 4.69) is 204 Å². The van der Waals surface area contributed by atoms with Gasteiger partial charge in [0.15, 0.2) is 0 Å². The van der Waals surface area contributed by atoms with E-state index in [1.54, 1.807) is 0 Å². The first kappa shape index (κ1) is 33.0. The topological polar surface area (TPSA) is 6.48 Å². The van der Waals surface area contributed by atoms with Gasteiger partial charge in [-0.1, -0.05) is 109 Å². The summed E-state index contributed by atoms with van der Waals surface area (Å²) in [5.41, 5.74) is 15.5. The first-order valence-corrected chi connectivity index (χ1v) is 20.6. The molecule has 0 saturated carbocycles. The van der Waals surface area contributed by atoms with Crippen LogP contribution in [0.5, 0.6) is 0 Å². The van der Waals surface area contributed by atoms with Gasteiger partial charge >= 0.3 is 0 Å². The van der Waals surface area contributed by atoms with Crippen LogP contribution in [0.4, 0.5) is 34.1 Å². The van der Waals surface area contributed by atoms with E-state index in [0.717, 1.165) is 31.4 Å². The molecule has 1 atom stereocenters. The zero-order valence-corrected chi connectivity index (χ0v) is 31.9. The molecular weight excluding hydrogens is 697 g/mol. The van der Waals surface area contributed by atoms with Gasteiger partial charge in [0.2, 0.25) is 0 Å². The number of rotatable bonds is 7. The summed E-state index contributed by atoms with van der Waals surface area (Å²) < 4.78 is 2.65. The van der Waals surface area contributed by atoms with Crippen molar-refractivity contribution in [3.05, 3.63) is 216 Å². The fourth-order valence-electron chi connectivity index (χ4n) is 9.57. The highest BCUT2D eigenvalue weighted by Gasteiger charge is 2.45. The Morgan fingerprint density at radius 3 is 1.43 bits per heavy atom. The van der Waals surface area contributed by atoms with Crippen molar-refractivity contribution in [3.63, 3.8) is 0 Å². The van der Waals surface area contributed by atoms with Crippen LogP contribution in [0.3, 0.4) is 0 Å². The van der Waals surface area contributed by atoms with Crippen LogP contribution in [0.15, 0.2) is 194 Å². The van der Waals surface area contributed by atoms with E-state index in [0.29, 0.717) is 0 Å². The van der Waals surface area contributed by atoms with Gasteiger partial charge in [0, 0.05) is 59.7 Å². The molecule has 0 radical (unpaired) electrons. The third-order valence-corrected chi connectivity index (χ3v) is 13.4. The average Bonchev–Trinajstić information content (AvgIpc) is 3.95. The highest BCUT2D eigenvalue weighted by atomic mass is 32.1. The first-order chi connectivity index (χ1) is 27.7. The predicted octanol–water partition coefficient (Wildman–Crippen LogP) is 14.8. The fraction of sp³-hybridized carbons (Fsp3) is 0.0943. The Hall–Kier alpha value is -6.42. The van der Waals surface area contributed by atoms with Crippen LogP contribution in [0.1, 0.15) is 35.1 Å². The number of benzene rings is 8. The summed E-state index contributed by atoms with van der Waals surface area (Å²) in [4.78, 5) is 4.88. The van der Waals surface area contributed by atoms with Gasteiger partial charge in [-0.2, -0.15) is 0 Å². The zero-order valence-electron chi connectivity index (χ0n) is 31.1. The molecule has 2 nitrogen and oxygen atoms in total. The Bertz CT molecular complexity index is 2820. The van der Waals surface area contributed by atoms with Crippen molar-refractivity contribution in [2.24, 2.45) is 0 Å². The molecule has 1 aromatic heterocycles. The quantitative estimate of drug-likeness (QED) is 0.161. The SMILES string of the molecule is c1ccc(-c2ccc(N(c3ccc4c(c3)[C@]3(CCc5ccc(N(c6ccccc6)c6ccccc6)cc53)CC4)c3ccc4sc5ccccc5c4c3)cc2)cc1. The van der Waals surface area contributed by atoms with Crippen molar-refractivity contribution in [3.8, 4) is 11.1 Å². The number of nitrogens with zero attached hydrogens (tertiary/aromatic N) is 2. The van der Waals surface area contributed by atoms with Gasteiger partial charge in [-0.05, 0) is 144 Å². The molecule has 268 valence electrons.